The normalized spacial score (nSPS) is 18.5. The van der Waals surface area contributed by atoms with Crippen LogP contribution >= 0.6 is 23.2 Å². The maximum absolute atomic E-state index is 13.9. The Hall–Kier alpha value is -2.01. The van der Waals surface area contributed by atoms with Gasteiger partial charge in [0.05, 0.1) is 0 Å². The topological polar surface area (TPSA) is 20.2 Å². The first-order valence-electron chi connectivity index (χ1n) is 7.72. The Morgan fingerprint density at radius 3 is 2.00 bits per heavy atom. The van der Waals surface area contributed by atoms with E-state index in [0.717, 1.165) is 0 Å². The summed E-state index contributed by atoms with van der Waals surface area (Å²) in [5, 5.41) is 11.5. The van der Waals surface area contributed by atoms with Crippen LogP contribution in [-0.2, 0) is 5.60 Å². The molecule has 1 aliphatic rings. The fourth-order valence-corrected chi connectivity index (χ4v) is 3.99. The van der Waals surface area contributed by atoms with Crippen LogP contribution in [0.25, 0.3) is 22.3 Å². The van der Waals surface area contributed by atoms with Crippen LogP contribution in [0.15, 0.2) is 60.7 Å². The van der Waals surface area contributed by atoms with Crippen molar-refractivity contribution in [2.75, 3.05) is 0 Å². The van der Waals surface area contributed by atoms with E-state index in [1.807, 2.05) is 0 Å². The molecule has 0 heterocycles. The molecule has 0 radical (unpaired) electrons. The van der Waals surface area contributed by atoms with Crippen molar-refractivity contribution in [3.05, 3.63) is 81.8 Å². The zero-order valence-electron chi connectivity index (χ0n) is 13.1. The summed E-state index contributed by atoms with van der Waals surface area (Å²) >= 11 is 12.0. The molecule has 4 rings (SSSR count). The van der Waals surface area contributed by atoms with E-state index in [0.29, 0.717) is 32.3 Å². The lowest BCUT2D eigenvalue weighted by atomic mass is 9.89. The van der Waals surface area contributed by atoms with Gasteiger partial charge in [-0.25, -0.2) is 0 Å². The molecule has 1 unspecified atom stereocenters. The highest BCUT2D eigenvalue weighted by atomic mass is 35.5. The highest BCUT2D eigenvalue weighted by molar-refractivity contribution is 6.35. The lowest BCUT2D eigenvalue weighted by Gasteiger charge is -2.28. The highest BCUT2D eigenvalue weighted by Crippen LogP contribution is 2.55. The quantitative estimate of drug-likeness (QED) is 0.503. The van der Waals surface area contributed by atoms with Gasteiger partial charge in [-0.1, -0.05) is 59.6 Å². The van der Waals surface area contributed by atoms with E-state index in [2.05, 4.69) is 0 Å². The molecular weight excluding hydrogens is 384 g/mol. The van der Waals surface area contributed by atoms with Crippen molar-refractivity contribution in [1.29, 1.82) is 0 Å². The standard InChI is InChI=1S/C20H11Cl2F3O/c21-13-7-12(8-14(22)10-13)11-5-6-16-15-3-1-2-4-17(15)19(26,18(16)9-11)20(23,24)25/h1-10,26H. The molecule has 1 N–H and O–H groups in total. The van der Waals surface area contributed by atoms with E-state index >= 15 is 0 Å². The lowest BCUT2D eigenvalue weighted by Crippen LogP contribution is -2.41. The van der Waals surface area contributed by atoms with Crippen molar-refractivity contribution >= 4 is 23.2 Å². The third-order valence-corrected chi connectivity index (χ3v) is 5.06. The molecule has 3 aromatic rings. The Labute approximate surface area is 157 Å². The average molecular weight is 395 g/mol. The van der Waals surface area contributed by atoms with Crippen LogP contribution in [-0.4, -0.2) is 11.3 Å². The van der Waals surface area contributed by atoms with Crippen LogP contribution in [0.5, 0.6) is 0 Å². The van der Waals surface area contributed by atoms with Gasteiger partial charge in [-0.3, -0.25) is 0 Å². The molecule has 0 fully saturated rings. The third kappa shape index (κ3) is 2.44. The maximum Gasteiger partial charge on any atom is 0.425 e. The summed E-state index contributed by atoms with van der Waals surface area (Å²) < 4.78 is 41.6. The summed E-state index contributed by atoms with van der Waals surface area (Å²) in [5.41, 5.74) is -1.62. The summed E-state index contributed by atoms with van der Waals surface area (Å²) in [7, 11) is 0. The smallest absolute Gasteiger partial charge is 0.372 e. The molecule has 3 aromatic carbocycles. The molecule has 0 spiro atoms. The van der Waals surface area contributed by atoms with Crippen LogP contribution in [0.1, 0.15) is 11.1 Å². The van der Waals surface area contributed by atoms with Crippen molar-refractivity contribution in [3.8, 4) is 22.3 Å². The van der Waals surface area contributed by atoms with Crippen molar-refractivity contribution in [2.24, 2.45) is 0 Å². The van der Waals surface area contributed by atoms with Gasteiger partial charge in [0.15, 0.2) is 0 Å². The second kappa shape index (κ2) is 5.74. The summed E-state index contributed by atoms with van der Waals surface area (Å²) in [4.78, 5) is 0. The Bertz CT molecular complexity index is 1010. The first kappa shape index (κ1) is 17.4. The SMILES string of the molecule is OC1(C(F)(F)F)c2ccccc2-c2ccc(-c3cc(Cl)cc(Cl)c3)cc21. The van der Waals surface area contributed by atoms with E-state index in [4.69, 9.17) is 23.2 Å². The second-order valence-electron chi connectivity index (χ2n) is 6.17. The molecule has 0 saturated heterocycles. The summed E-state index contributed by atoms with van der Waals surface area (Å²) in [6.45, 7) is 0. The molecule has 0 saturated carbocycles. The van der Waals surface area contributed by atoms with Crippen LogP contribution in [0.2, 0.25) is 10.0 Å². The lowest BCUT2D eigenvalue weighted by molar-refractivity contribution is -0.246. The van der Waals surface area contributed by atoms with Crippen LogP contribution in [0.3, 0.4) is 0 Å². The highest BCUT2D eigenvalue weighted by Gasteiger charge is 2.60. The monoisotopic (exact) mass is 394 g/mol. The van der Waals surface area contributed by atoms with Gasteiger partial charge in [-0.2, -0.15) is 13.2 Å². The Balaban J connectivity index is 1.98. The Morgan fingerprint density at radius 1 is 0.731 bits per heavy atom. The van der Waals surface area contributed by atoms with Crippen molar-refractivity contribution < 1.29 is 18.3 Å². The molecule has 0 amide bonds. The Morgan fingerprint density at radius 2 is 1.35 bits per heavy atom. The predicted molar refractivity (Wildman–Crippen MR) is 96.4 cm³/mol. The first-order valence-corrected chi connectivity index (χ1v) is 8.47. The largest absolute Gasteiger partial charge is 0.425 e. The number of alkyl halides is 3. The Kier molecular flexibility index (Phi) is 3.85. The van der Waals surface area contributed by atoms with Crippen molar-refractivity contribution in [2.45, 2.75) is 11.8 Å². The maximum atomic E-state index is 13.9. The first-order chi connectivity index (χ1) is 12.2. The van der Waals surface area contributed by atoms with Crippen LogP contribution < -0.4 is 0 Å². The summed E-state index contributed by atoms with van der Waals surface area (Å²) in [6, 6.07) is 15.4. The van der Waals surface area contributed by atoms with Gasteiger partial charge in [-0.15, -0.1) is 0 Å². The number of hydrogen-bond acceptors (Lipinski definition) is 1. The fourth-order valence-electron chi connectivity index (χ4n) is 3.46. The van der Waals surface area contributed by atoms with Gasteiger partial charge in [0.2, 0.25) is 5.60 Å². The zero-order valence-corrected chi connectivity index (χ0v) is 14.6. The summed E-state index contributed by atoms with van der Waals surface area (Å²) in [5.74, 6) is 0. The minimum absolute atomic E-state index is 0.163. The van der Waals surface area contributed by atoms with Crippen LogP contribution in [0, 0.1) is 0 Å². The number of aliphatic hydroxyl groups is 1. The van der Waals surface area contributed by atoms with E-state index in [1.165, 1.54) is 18.2 Å². The number of fused-ring (bicyclic) bond motifs is 3. The molecule has 0 aromatic heterocycles. The van der Waals surface area contributed by atoms with Gasteiger partial charge in [0, 0.05) is 21.2 Å². The van der Waals surface area contributed by atoms with Crippen molar-refractivity contribution in [3.63, 3.8) is 0 Å². The van der Waals surface area contributed by atoms with Crippen molar-refractivity contribution in [1.82, 2.24) is 0 Å². The van der Waals surface area contributed by atoms with E-state index in [-0.39, 0.29) is 11.1 Å². The molecule has 132 valence electrons. The minimum Gasteiger partial charge on any atom is -0.372 e. The average Bonchev–Trinajstić information content (AvgIpc) is 2.84. The molecule has 26 heavy (non-hydrogen) atoms. The van der Waals surface area contributed by atoms with Crippen LogP contribution in [0.4, 0.5) is 13.2 Å². The van der Waals surface area contributed by atoms with Gasteiger partial charge >= 0.3 is 6.18 Å². The van der Waals surface area contributed by atoms with Gasteiger partial charge in [-0.05, 0) is 46.5 Å². The third-order valence-electron chi connectivity index (χ3n) is 4.62. The van der Waals surface area contributed by atoms with Gasteiger partial charge in [0.25, 0.3) is 0 Å². The van der Waals surface area contributed by atoms with E-state index in [1.54, 1.807) is 42.5 Å². The number of rotatable bonds is 1. The molecule has 0 aliphatic heterocycles. The molecule has 6 heteroatoms. The molecule has 1 aliphatic carbocycles. The number of hydrogen-bond donors (Lipinski definition) is 1. The minimum atomic E-state index is -4.86. The van der Waals surface area contributed by atoms with E-state index in [9.17, 15) is 18.3 Å². The zero-order chi connectivity index (χ0) is 18.7. The summed E-state index contributed by atoms with van der Waals surface area (Å²) in [6.07, 6.45) is -4.86. The second-order valence-corrected chi connectivity index (χ2v) is 7.05. The van der Waals surface area contributed by atoms with Gasteiger partial charge < -0.3 is 5.11 Å². The van der Waals surface area contributed by atoms with E-state index < -0.39 is 11.8 Å². The fraction of sp³-hybridized carbons (Fsp3) is 0.100. The molecule has 1 atom stereocenters. The molecule has 0 bridgehead atoms. The molecule has 1 nitrogen and oxygen atoms in total. The predicted octanol–water partition coefficient (Wildman–Crippen LogP) is 6.44. The molecular formula is C20H11Cl2F3O. The number of benzene rings is 3. The number of halogens is 5. The van der Waals surface area contributed by atoms with Gasteiger partial charge in [0.1, 0.15) is 0 Å².